The summed E-state index contributed by atoms with van der Waals surface area (Å²) >= 11 is 26.2. The minimum atomic E-state index is -4.55. The lowest BCUT2D eigenvalue weighted by atomic mass is 10.0. The Hall–Kier alpha value is -14.6. The first-order valence-electron chi connectivity index (χ1n) is 45.5. The molecule has 1 aliphatic carbocycles. The highest BCUT2D eigenvalue weighted by atomic mass is 35.5. The number of nitrogens with zero attached hydrogens (tertiary/aromatic N) is 20. The average molecular weight is 2020 g/mol. The first-order valence-corrected chi connectivity index (χ1v) is 47.0. The summed E-state index contributed by atoms with van der Waals surface area (Å²) in [5.41, 5.74) is 0.0522. The first kappa shape index (κ1) is 102. The van der Waals surface area contributed by atoms with Gasteiger partial charge in [-0.2, -0.15) is 38.1 Å². The van der Waals surface area contributed by atoms with Crippen LogP contribution in [0.25, 0.3) is 83.6 Å². The van der Waals surface area contributed by atoms with E-state index in [0.29, 0.717) is 128 Å². The van der Waals surface area contributed by atoms with E-state index in [-0.39, 0.29) is 151 Å². The number of pyridine rings is 4. The third kappa shape index (κ3) is 20.4. The predicted octanol–water partition coefficient (Wildman–Crippen LogP) is 15.7. The van der Waals surface area contributed by atoms with Crippen molar-refractivity contribution in [3.05, 3.63) is 274 Å². The summed E-state index contributed by atoms with van der Waals surface area (Å²) < 4.78 is 96.1. The highest BCUT2D eigenvalue weighted by Crippen LogP contribution is 2.59. The number of aromatic hydroxyl groups is 2. The topological polar surface area (TPSA) is 335 Å². The number of aryl methyl sites for hydroxylation is 5. The quantitative estimate of drug-likeness (QED) is 0.0595. The molecule has 0 spiro atoms. The van der Waals surface area contributed by atoms with Gasteiger partial charge in [-0.05, 0) is 167 Å². The highest BCUT2D eigenvalue weighted by Gasteiger charge is 2.63. The summed E-state index contributed by atoms with van der Waals surface area (Å²) in [4.78, 5) is 150. The number of para-hydroxylation sites is 1. The van der Waals surface area contributed by atoms with Crippen molar-refractivity contribution >= 4 is 137 Å². The van der Waals surface area contributed by atoms with E-state index in [1.54, 1.807) is 72.5 Å². The molecule has 41 heteroatoms. The lowest BCUT2D eigenvalue weighted by Gasteiger charge is -2.40. The molecular weight excluding hydrogens is 1930 g/mol. The van der Waals surface area contributed by atoms with Gasteiger partial charge in [-0.1, -0.05) is 141 Å². The molecule has 5 aromatic carbocycles. The van der Waals surface area contributed by atoms with Crippen LogP contribution in [-0.4, -0.2) is 221 Å². The van der Waals surface area contributed by atoms with Crippen molar-refractivity contribution in [2.24, 2.45) is 19.5 Å². The van der Waals surface area contributed by atoms with Crippen LogP contribution in [0, 0.1) is 29.8 Å². The van der Waals surface area contributed by atoms with Crippen molar-refractivity contribution in [2.45, 2.75) is 98.1 Å². The number of amides is 4. The van der Waals surface area contributed by atoms with E-state index in [2.05, 4.69) is 75.1 Å². The molecule has 1 saturated carbocycles. The fourth-order valence-corrected chi connectivity index (χ4v) is 19.0. The predicted molar refractivity (Wildman–Crippen MR) is 536 cm³/mol. The van der Waals surface area contributed by atoms with E-state index in [9.17, 15) is 74.9 Å². The van der Waals surface area contributed by atoms with E-state index in [1.807, 2.05) is 84.9 Å². The maximum absolute atomic E-state index is 14.7. The molecule has 8 aromatic heterocycles. The smallest absolute Gasteiger partial charge is 0.396 e. The molecule has 12 heterocycles. The summed E-state index contributed by atoms with van der Waals surface area (Å²) in [6.45, 7) is 30.8. The van der Waals surface area contributed by atoms with E-state index in [1.165, 1.54) is 83.0 Å². The number of aromatic nitrogens is 12. The van der Waals surface area contributed by atoms with Crippen molar-refractivity contribution in [1.82, 2.24) is 77.7 Å². The van der Waals surface area contributed by atoms with Crippen LogP contribution in [0.2, 0.25) is 20.1 Å². The SMILES string of the molecule is C=CC(=O)N1CCN(c2nc(=O)n(-c3c(CC)cccc3CC)c3nc(Oc4cccc(C)c4)c(Cl)cc23)[C@@H](C)C1.C=CC(=O)N1CCN(c2nc(=O)n(C)c3nc(-c4c(O)cccc4F)c(Cl)cc23)[C@@H](C)C1.C=CC(=O)N1CCN(c2nc(=O)n(C)c3nc(-c4ccccc4F)c(Cl)cc23)[C@@H](C)C1.C=CC(=O)N1CCN(c2nc(=O)n(CC3(C(F)(F)F)CC3)c3nc(-c4c(O)cccc4F)c(Cl)cc23)CC1. The Bertz CT molecular complexity index is 7460. The molecule has 4 saturated heterocycles. The second kappa shape index (κ2) is 42.1. The molecule has 2 N–H and O–H groups in total. The number of ether oxygens (including phenoxy) is 1. The highest BCUT2D eigenvalue weighted by molar-refractivity contribution is 6.35. The van der Waals surface area contributed by atoms with Crippen LogP contribution < -0.4 is 47.1 Å². The standard InChI is InChI=1S/C32H34ClN5O3.C25H22ClF4N5O3.C22H21ClFN5O3.C22H21ClFN5O2/c1-6-22-12-10-13-23(7-2)28(22)38-30-25(18-26(33)31(34-30)41-24-14-9-11-20(4)17-24)29(35-32(38)40)37-16-15-36(19-21(37)5)27(39)8-3;1-2-18(37)33-8-10-34(11-9-33)21-14-12-15(26)20(19-16(27)4-3-5-17(19)36)31-22(14)35(23(38)32-21)13-24(6-7-24)25(28,29)30;1-4-17(31)28-8-9-29(12(2)11-28)21-13-10-14(23)19(18-15(24)6-5-7-16(18)30)25-20(13)27(3)22(32)26-21;1-4-18(30)28-9-10-29(13(2)12-28)21-15-11-16(23)19(14-7-5-6-8-17(14)24)25-20(15)27(3)22(31)26-21/h8-14,17-18,21H,3,6-7,15-16,19H2,1-2,4-5H3;2-5,12,36H,1,6-11,13H2;4-7,10,12,30H,1,8-9,11H2,2-3H3;4-8,11,13H,1,9-10,12H2,2-3H3/t21-;;12-;13-/m0.00/s1. The van der Waals surface area contributed by atoms with Crippen LogP contribution >= 0.6 is 46.4 Å². The molecule has 0 bridgehead atoms. The monoisotopic (exact) mass is 2020 g/mol. The Morgan fingerprint density at radius 1 is 0.458 bits per heavy atom. The first-order chi connectivity index (χ1) is 67.7. The molecule has 5 aliphatic rings. The van der Waals surface area contributed by atoms with Crippen molar-refractivity contribution in [2.75, 3.05) is 105 Å². The Morgan fingerprint density at radius 3 is 1.29 bits per heavy atom. The van der Waals surface area contributed by atoms with Gasteiger partial charge in [0.25, 0.3) is 0 Å². The van der Waals surface area contributed by atoms with Crippen molar-refractivity contribution in [1.29, 1.82) is 0 Å². The molecule has 4 aliphatic heterocycles. The number of phenolic OH excluding ortho intramolecular Hbond substituents is 2. The van der Waals surface area contributed by atoms with Crippen molar-refractivity contribution in [3.63, 3.8) is 0 Å². The molecule has 0 radical (unpaired) electrons. The van der Waals surface area contributed by atoms with Crippen LogP contribution in [0.5, 0.6) is 23.1 Å². The zero-order chi connectivity index (χ0) is 102. The third-order valence-corrected chi connectivity index (χ3v) is 26.9. The second-order valence-electron chi connectivity index (χ2n) is 34.8. The molecule has 31 nitrogen and oxygen atoms in total. The summed E-state index contributed by atoms with van der Waals surface area (Å²) in [5, 5.41) is 23.0. The van der Waals surface area contributed by atoms with E-state index in [4.69, 9.17) is 56.1 Å². The molecule has 738 valence electrons. The van der Waals surface area contributed by atoms with Crippen molar-refractivity contribution in [3.8, 4) is 62.6 Å². The molecule has 13 aromatic rings. The van der Waals surface area contributed by atoms with Gasteiger partial charge in [0.2, 0.25) is 29.5 Å². The van der Waals surface area contributed by atoms with Crippen LogP contribution in [0.15, 0.2) is 197 Å². The number of rotatable bonds is 18. The summed E-state index contributed by atoms with van der Waals surface area (Å²) in [6.07, 6.45) is 1.70. The van der Waals surface area contributed by atoms with Gasteiger partial charge >= 0.3 is 28.9 Å². The number of carbonyl (C=O) groups excluding carboxylic acids is 4. The van der Waals surface area contributed by atoms with Gasteiger partial charge in [0.15, 0.2) is 5.65 Å². The van der Waals surface area contributed by atoms with Crippen LogP contribution in [0.1, 0.15) is 64.2 Å². The number of benzene rings is 5. The van der Waals surface area contributed by atoms with Gasteiger partial charge in [0, 0.05) is 129 Å². The Morgan fingerprint density at radius 2 is 0.852 bits per heavy atom. The van der Waals surface area contributed by atoms with Crippen LogP contribution in [0.3, 0.4) is 0 Å². The summed E-state index contributed by atoms with van der Waals surface area (Å²) in [5.74, 6) is -1.15. The minimum absolute atomic E-state index is 0.0244. The zero-order valence-corrected chi connectivity index (χ0v) is 81.5. The van der Waals surface area contributed by atoms with Gasteiger partial charge in [-0.25, -0.2) is 51.9 Å². The number of phenols is 2. The number of alkyl halides is 3. The van der Waals surface area contributed by atoms with E-state index in [0.717, 1.165) is 45.9 Å². The summed E-state index contributed by atoms with van der Waals surface area (Å²) in [6, 6.07) is 33.4. The zero-order valence-electron chi connectivity index (χ0n) is 78.5. The lowest BCUT2D eigenvalue weighted by Crippen LogP contribution is -2.54. The average Bonchev–Trinajstić information content (AvgIpc) is 1.20. The molecule has 5 fully saturated rings. The maximum atomic E-state index is 14.7. The van der Waals surface area contributed by atoms with Gasteiger partial charge in [-0.15, -0.1) is 0 Å². The molecular formula is C101H98Cl4F6N20O11. The maximum Gasteiger partial charge on any atom is 0.396 e. The number of fused-ring (bicyclic) bond motifs is 4. The van der Waals surface area contributed by atoms with Gasteiger partial charge < -0.3 is 54.1 Å². The number of anilines is 4. The number of halogens is 10. The number of hydrogen-bond acceptors (Lipinski definition) is 23. The Labute approximate surface area is 829 Å². The number of carbonyl (C=O) groups is 4. The number of hydrogen-bond donors (Lipinski definition) is 2. The van der Waals surface area contributed by atoms with Gasteiger partial charge in [-0.3, -0.25) is 32.9 Å². The molecule has 18 rings (SSSR count). The third-order valence-electron chi connectivity index (χ3n) is 25.8. The van der Waals surface area contributed by atoms with Crippen LogP contribution in [-0.2, 0) is 52.7 Å². The van der Waals surface area contributed by atoms with Crippen LogP contribution in [0.4, 0.5) is 49.6 Å². The molecule has 0 unspecified atom stereocenters. The van der Waals surface area contributed by atoms with Gasteiger partial charge in [0.1, 0.15) is 79.9 Å². The summed E-state index contributed by atoms with van der Waals surface area (Å²) in [7, 11) is 3.08. The van der Waals surface area contributed by atoms with Crippen molar-refractivity contribution < 1.29 is 60.5 Å². The minimum Gasteiger partial charge on any atom is -0.507 e. The fourth-order valence-electron chi connectivity index (χ4n) is 18.0. The molecule has 4 amide bonds. The largest absolute Gasteiger partial charge is 0.507 e. The molecule has 142 heavy (non-hydrogen) atoms. The second-order valence-corrected chi connectivity index (χ2v) is 36.4. The van der Waals surface area contributed by atoms with Gasteiger partial charge in [0.05, 0.1) is 75.9 Å². The fraction of sp³-hybridized carbons (Fsp3) is 0.307. The molecule has 3 atom stereocenters. The van der Waals surface area contributed by atoms with E-state index >= 15 is 0 Å². The Kier molecular flexibility index (Phi) is 30.2. The van der Waals surface area contributed by atoms with E-state index < -0.39 is 64.1 Å². The lowest BCUT2D eigenvalue weighted by molar-refractivity contribution is -0.190. The Balaban J connectivity index is 0.000000144. The number of piperazine rings is 4. The normalized spacial score (nSPS) is 16.3.